The third-order valence-corrected chi connectivity index (χ3v) is 12.9. The Morgan fingerprint density at radius 1 is 1.07 bits per heavy atom. The molecule has 1 spiro atoms. The van der Waals surface area contributed by atoms with Crippen molar-refractivity contribution in [1.82, 2.24) is 4.72 Å². The summed E-state index contributed by atoms with van der Waals surface area (Å²) in [6.45, 7) is 5.29. The molecule has 6 rings (SSSR count). The van der Waals surface area contributed by atoms with E-state index in [1.807, 2.05) is 13.0 Å². The summed E-state index contributed by atoms with van der Waals surface area (Å²) >= 11 is 6.39. The molecule has 3 N–H and O–H groups in total. The summed E-state index contributed by atoms with van der Waals surface area (Å²) in [7, 11) is -3.89. The van der Waals surface area contributed by atoms with E-state index in [9.17, 15) is 18.0 Å². The Labute approximate surface area is 277 Å². The molecule has 1 saturated carbocycles. The van der Waals surface area contributed by atoms with Crippen molar-refractivity contribution in [3.8, 4) is 5.75 Å². The molecule has 2 aliphatic heterocycles. The fraction of sp³-hybridized carbons (Fsp3) is 0.600. The summed E-state index contributed by atoms with van der Waals surface area (Å²) in [5, 5.41) is 15.3. The minimum atomic E-state index is -3.89. The minimum Gasteiger partial charge on any atom is -0.490 e. The SMILES string of the molecule is C[C@@H]1[C@@H](C)CCCC(C=O)[C@@H]2CC[C@H]2CN2C[C@@]3(CCCc4cc(Cl)ccc43)COc3ccc(cc32)C(=O)NS1(=O)=O.OCCO. The number of aliphatic hydroxyl groups is 2. The highest BCUT2D eigenvalue weighted by Gasteiger charge is 2.44. The smallest absolute Gasteiger partial charge is 0.264 e. The Morgan fingerprint density at radius 2 is 1.85 bits per heavy atom. The molecule has 0 saturated heterocycles. The van der Waals surface area contributed by atoms with Crippen LogP contribution in [-0.4, -0.2) is 69.0 Å². The number of aldehydes is 1. The zero-order valence-corrected chi connectivity index (χ0v) is 28.4. The van der Waals surface area contributed by atoms with Crippen LogP contribution in [0.5, 0.6) is 5.75 Å². The Bertz CT molecular complexity index is 1520. The van der Waals surface area contributed by atoms with Gasteiger partial charge in [-0.05, 0) is 111 Å². The number of nitrogens with zero attached hydrogens (tertiary/aromatic N) is 1. The molecule has 6 atom stereocenters. The Kier molecular flexibility index (Phi) is 11.0. The van der Waals surface area contributed by atoms with Crippen LogP contribution in [0, 0.1) is 23.7 Å². The first-order chi connectivity index (χ1) is 22.0. The molecule has 1 unspecified atom stereocenters. The first kappa shape index (κ1) is 34.7. The van der Waals surface area contributed by atoms with Crippen molar-refractivity contribution < 1.29 is 33.0 Å². The van der Waals surface area contributed by atoms with Crippen LogP contribution in [0.4, 0.5) is 5.69 Å². The van der Waals surface area contributed by atoms with Crippen molar-refractivity contribution in [1.29, 1.82) is 0 Å². The van der Waals surface area contributed by atoms with Crippen LogP contribution < -0.4 is 14.4 Å². The summed E-state index contributed by atoms with van der Waals surface area (Å²) in [4.78, 5) is 28.0. The highest BCUT2D eigenvalue weighted by atomic mass is 35.5. The molecule has 1 fully saturated rings. The maximum Gasteiger partial charge on any atom is 0.264 e. The molecular weight excluding hydrogens is 628 g/mol. The van der Waals surface area contributed by atoms with Gasteiger partial charge in [-0.25, -0.2) is 13.1 Å². The molecule has 2 aromatic carbocycles. The summed E-state index contributed by atoms with van der Waals surface area (Å²) in [5.41, 5.74) is 3.37. The van der Waals surface area contributed by atoms with Crippen LogP contribution in [0.1, 0.15) is 80.3 Å². The van der Waals surface area contributed by atoms with E-state index in [1.165, 1.54) is 11.1 Å². The first-order valence-corrected chi connectivity index (χ1v) is 18.5. The summed E-state index contributed by atoms with van der Waals surface area (Å²) in [5.74, 6) is 0.559. The molecule has 252 valence electrons. The number of aliphatic hydroxyl groups excluding tert-OH is 2. The first-order valence-electron chi connectivity index (χ1n) is 16.6. The van der Waals surface area contributed by atoms with Crippen LogP contribution in [-0.2, 0) is 26.7 Å². The van der Waals surface area contributed by atoms with E-state index in [0.29, 0.717) is 42.7 Å². The average molecular weight is 675 g/mol. The van der Waals surface area contributed by atoms with Gasteiger partial charge >= 0.3 is 0 Å². The van der Waals surface area contributed by atoms with E-state index in [1.54, 1.807) is 25.1 Å². The Morgan fingerprint density at radius 3 is 2.54 bits per heavy atom. The van der Waals surface area contributed by atoms with Crippen LogP contribution in [0.15, 0.2) is 36.4 Å². The van der Waals surface area contributed by atoms with Gasteiger partial charge < -0.3 is 24.6 Å². The molecular formula is C35H47ClN2O7S. The Hall–Kier alpha value is -2.66. The molecule has 9 nitrogen and oxygen atoms in total. The maximum absolute atomic E-state index is 13.3. The van der Waals surface area contributed by atoms with E-state index < -0.39 is 21.2 Å². The monoisotopic (exact) mass is 674 g/mol. The molecule has 2 bridgehead atoms. The van der Waals surface area contributed by atoms with E-state index in [-0.39, 0.29) is 30.5 Å². The van der Waals surface area contributed by atoms with Crippen LogP contribution >= 0.6 is 11.6 Å². The fourth-order valence-corrected chi connectivity index (χ4v) is 9.31. The van der Waals surface area contributed by atoms with Crippen LogP contribution in [0.3, 0.4) is 0 Å². The van der Waals surface area contributed by atoms with Gasteiger partial charge in [-0.15, -0.1) is 0 Å². The second kappa shape index (κ2) is 14.6. The number of rotatable bonds is 2. The third kappa shape index (κ3) is 7.25. The molecule has 11 heteroatoms. The number of carbonyl (C=O) groups excluding carboxylic acids is 2. The number of sulfonamides is 1. The molecule has 0 radical (unpaired) electrons. The average Bonchev–Trinajstić information content (AvgIpc) is 3.18. The summed E-state index contributed by atoms with van der Waals surface area (Å²) in [6, 6.07) is 11.4. The van der Waals surface area contributed by atoms with Crippen LogP contribution in [0.2, 0.25) is 5.02 Å². The normalized spacial score (nSPS) is 30.6. The second-order valence-corrected chi connectivity index (χ2v) is 16.1. The zero-order chi connectivity index (χ0) is 33.1. The number of benzene rings is 2. The van der Waals surface area contributed by atoms with E-state index in [2.05, 4.69) is 21.8 Å². The number of ether oxygens (including phenoxy) is 1. The van der Waals surface area contributed by atoms with Crippen molar-refractivity contribution in [3.63, 3.8) is 0 Å². The van der Waals surface area contributed by atoms with Crippen molar-refractivity contribution in [2.75, 3.05) is 37.8 Å². The van der Waals surface area contributed by atoms with E-state index >= 15 is 0 Å². The van der Waals surface area contributed by atoms with Gasteiger partial charge in [0.2, 0.25) is 10.0 Å². The molecule has 2 aromatic rings. The highest BCUT2D eigenvalue weighted by molar-refractivity contribution is 7.90. The predicted octanol–water partition coefficient (Wildman–Crippen LogP) is 4.89. The third-order valence-electron chi connectivity index (χ3n) is 10.8. The number of nitrogens with one attached hydrogen (secondary N) is 1. The van der Waals surface area contributed by atoms with Crippen molar-refractivity contribution in [3.05, 3.63) is 58.1 Å². The van der Waals surface area contributed by atoms with Crippen molar-refractivity contribution in [2.45, 2.75) is 75.9 Å². The zero-order valence-electron chi connectivity index (χ0n) is 26.8. The fourth-order valence-electron chi connectivity index (χ4n) is 7.80. The number of halogens is 1. The van der Waals surface area contributed by atoms with Gasteiger partial charge in [0.25, 0.3) is 5.91 Å². The second-order valence-electron chi connectivity index (χ2n) is 13.6. The predicted molar refractivity (Wildman–Crippen MR) is 179 cm³/mol. The molecule has 1 amide bonds. The van der Waals surface area contributed by atoms with Crippen LogP contribution in [0.25, 0.3) is 0 Å². The lowest BCUT2D eigenvalue weighted by molar-refractivity contribution is -0.115. The number of aryl methyl sites for hydroxylation is 1. The van der Waals surface area contributed by atoms with Gasteiger partial charge in [-0.1, -0.05) is 31.0 Å². The lowest BCUT2D eigenvalue weighted by Crippen LogP contribution is -2.49. The largest absolute Gasteiger partial charge is 0.490 e. The standard InChI is InChI=1S/C33H41ClN2O5S.C2H6O2/c1-21-5-3-6-26(18-37)28-11-8-25(28)17-36-19-33(14-4-7-23-15-27(34)10-12-29(23)33)20-41-31-13-9-24(16-30(31)36)32(38)35-42(39,40)22(21)2;3-1-2-4/h9-10,12-13,15-16,18,21-22,25-26,28H,3-8,11,14,17,19-20H2,1-2H3,(H,35,38);3-4H,1-2H2/t21-,22+,25-,26?,28+,33-;/m0./s1. The number of hydrogen-bond acceptors (Lipinski definition) is 8. The van der Waals surface area contributed by atoms with Gasteiger partial charge in [0.05, 0.1) is 30.8 Å². The Balaban J connectivity index is 0.000000985. The number of amides is 1. The summed E-state index contributed by atoms with van der Waals surface area (Å²) < 4.78 is 35.3. The lowest BCUT2D eigenvalue weighted by atomic mass is 9.65. The van der Waals surface area contributed by atoms with E-state index in [0.717, 1.165) is 68.5 Å². The number of anilines is 1. The van der Waals surface area contributed by atoms with Gasteiger partial charge in [-0.3, -0.25) is 4.79 Å². The van der Waals surface area contributed by atoms with Gasteiger partial charge in [-0.2, -0.15) is 0 Å². The topological polar surface area (TPSA) is 133 Å². The minimum absolute atomic E-state index is 0.0315. The van der Waals surface area contributed by atoms with Gasteiger partial charge in [0.15, 0.2) is 0 Å². The maximum atomic E-state index is 13.3. The number of fused-ring (bicyclic) bond motifs is 4. The quantitative estimate of drug-likeness (QED) is 0.384. The lowest BCUT2D eigenvalue weighted by Gasteiger charge is -2.46. The molecule has 4 aliphatic rings. The molecule has 2 aliphatic carbocycles. The molecule has 46 heavy (non-hydrogen) atoms. The molecule has 2 heterocycles. The van der Waals surface area contributed by atoms with Crippen molar-refractivity contribution >= 4 is 39.5 Å². The number of carbonyl (C=O) groups is 2. The summed E-state index contributed by atoms with van der Waals surface area (Å²) in [6.07, 6.45) is 8.43. The van der Waals surface area contributed by atoms with E-state index in [4.69, 9.17) is 26.6 Å². The molecule has 0 aromatic heterocycles. The van der Waals surface area contributed by atoms with Crippen molar-refractivity contribution in [2.24, 2.45) is 23.7 Å². The van der Waals surface area contributed by atoms with Gasteiger partial charge in [0.1, 0.15) is 12.0 Å². The highest BCUT2D eigenvalue weighted by Crippen LogP contribution is 2.47. The van der Waals surface area contributed by atoms with Gasteiger partial charge in [0, 0.05) is 35.0 Å². The number of hydrogen-bond donors (Lipinski definition) is 3.